The van der Waals surface area contributed by atoms with Crippen molar-refractivity contribution in [3.05, 3.63) is 83.6 Å². The minimum Gasteiger partial charge on any atom is -0.448 e. The van der Waals surface area contributed by atoms with Gasteiger partial charge in [0, 0.05) is 5.75 Å². The zero-order chi connectivity index (χ0) is 18.1. The molecule has 0 bridgehead atoms. The van der Waals surface area contributed by atoms with Crippen LogP contribution in [0.5, 0.6) is 0 Å². The van der Waals surface area contributed by atoms with Gasteiger partial charge in [-0.05, 0) is 17.2 Å². The molecule has 0 radical (unpaired) electrons. The first-order chi connectivity index (χ1) is 12.7. The number of fused-ring (bicyclic) bond motifs is 1. The van der Waals surface area contributed by atoms with E-state index in [2.05, 4.69) is 0 Å². The third-order valence-electron chi connectivity index (χ3n) is 4.53. The Bertz CT molecular complexity index is 821. The fourth-order valence-corrected chi connectivity index (χ4v) is 4.32. The van der Waals surface area contributed by atoms with Crippen LogP contribution in [0.2, 0.25) is 0 Å². The summed E-state index contributed by atoms with van der Waals surface area (Å²) in [6.45, 7) is 0. The molecule has 1 unspecified atom stereocenters. The van der Waals surface area contributed by atoms with Gasteiger partial charge in [0.05, 0.1) is 0 Å². The molecule has 2 aliphatic heterocycles. The van der Waals surface area contributed by atoms with Crippen LogP contribution in [0.15, 0.2) is 72.4 Å². The predicted octanol–water partition coefficient (Wildman–Crippen LogP) is 2.87. The van der Waals surface area contributed by atoms with E-state index < -0.39 is 18.1 Å². The monoisotopic (exact) mass is 402 g/mol. The Morgan fingerprint density at radius 2 is 1.63 bits per heavy atom. The third kappa shape index (κ3) is 3.60. The minimum atomic E-state index is -0.546. The SMILES string of the molecule is Cl.NC1C(=O)N2C(C(=O)OC(c3ccccc3)c3ccccc3)=CCS[C@H]12. The van der Waals surface area contributed by atoms with Crippen molar-refractivity contribution >= 4 is 36.0 Å². The lowest BCUT2D eigenvalue weighted by molar-refractivity contribution is -0.152. The zero-order valence-electron chi connectivity index (χ0n) is 14.4. The number of benzene rings is 2. The molecule has 0 saturated carbocycles. The topological polar surface area (TPSA) is 72.6 Å². The molecule has 1 saturated heterocycles. The Balaban J connectivity index is 0.00000210. The number of thioether (sulfide) groups is 1. The number of carbonyl (C=O) groups is 2. The minimum absolute atomic E-state index is 0. The summed E-state index contributed by atoms with van der Waals surface area (Å²) in [5.74, 6) is -0.108. The Hall–Kier alpha value is -2.28. The molecular formula is C20H19ClN2O3S. The maximum atomic E-state index is 12.9. The van der Waals surface area contributed by atoms with Gasteiger partial charge in [0.2, 0.25) is 5.91 Å². The number of halogens is 1. The smallest absolute Gasteiger partial charge is 0.355 e. The molecule has 2 aromatic carbocycles. The molecule has 5 nitrogen and oxygen atoms in total. The van der Waals surface area contributed by atoms with Gasteiger partial charge in [-0.1, -0.05) is 60.7 Å². The fraction of sp³-hybridized carbons (Fsp3) is 0.200. The lowest BCUT2D eigenvalue weighted by Gasteiger charge is -2.47. The van der Waals surface area contributed by atoms with Crippen LogP contribution in [0.25, 0.3) is 0 Å². The van der Waals surface area contributed by atoms with Crippen LogP contribution in [-0.4, -0.2) is 33.9 Å². The lowest BCUT2D eigenvalue weighted by Crippen LogP contribution is -2.68. The number of amides is 1. The van der Waals surface area contributed by atoms with Gasteiger partial charge in [-0.15, -0.1) is 24.2 Å². The second-order valence-corrected chi connectivity index (χ2v) is 7.30. The number of carbonyl (C=O) groups excluding carboxylic acids is 2. The van der Waals surface area contributed by atoms with Gasteiger partial charge in [-0.2, -0.15) is 0 Å². The highest BCUT2D eigenvalue weighted by Gasteiger charge is 2.50. The van der Waals surface area contributed by atoms with Crippen molar-refractivity contribution in [3.8, 4) is 0 Å². The molecule has 27 heavy (non-hydrogen) atoms. The Morgan fingerprint density at radius 1 is 1.07 bits per heavy atom. The van der Waals surface area contributed by atoms with Crippen molar-refractivity contribution in [1.29, 1.82) is 0 Å². The molecular weight excluding hydrogens is 384 g/mol. The molecule has 2 atom stereocenters. The second-order valence-electron chi connectivity index (χ2n) is 6.15. The summed E-state index contributed by atoms with van der Waals surface area (Å²) in [5, 5.41) is -0.179. The van der Waals surface area contributed by atoms with Crippen LogP contribution in [0.4, 0.5) is 0 Å². The maximum absolute atomic E-state index is 12.9. The number of rotatable bonds is 4. The van der Waals surface area contributed by atoms with Gasteiger partial charge in [0.1, 0.15) is 17.1 Å². The Morgan fingerprint density at radius 3 is 2.19 bits per heavy atom. The summed E-state index contributed by atoms with van der Waals surface area (Å²) in [7, 11) is 0. The van der Waals surface area contributed by atoms with Crippen LogP contribution in [0.3, 0.4) is 0 Å². The van der Waals surface area contributed by atoms with Crippen LogP contribution in [-0.2, 0) is 14.3 Å². The molecule has 2 aromatic rings. The van der Waals surface area contributed by atoms with Crippen LogP contribution >= 0.6 is 24.2 Å². The third-order valence-corrected chi connectivity index (χ3v) is 5.73. The second kappa shape index (κ2) is 8.17. The fourth-order valence-electron chi connectivity index (χ4n) is 3.18. The maximum Gasteiger partial charge on any atom is 0.355 e. The molecule has 140 valence electrons. The molecule has 0 aromatic heterocycles. The molecule has 1 amide bonds. The number of nitrogens with two attached hydrogens (primary N) is 1. The number of nitrogens with zero attached hydrogens (tertiary/aromatic N) is 1. The van der Waals surface area contributed by atoms with Crippen molar-refractivity contribution in [1.82, 2.24) is 4.90 Å². The van der Waals surface area contributed by atoms with Gasteiger partial charge in [0.15, 0.2) is 6.10 Å². The zero-order valence-corrected chi connectivity index (χ0v) is 16.0. The van der Waals surface area contributed by atoms with E-state index in [1.54, 1.807) is 17.8 Å². The number of β-lactam (4-membered cyclic amide) rings is 1. The van der Waals surface area contributed by atoms with Crippen molar-refractivity contribution in [2.75, 3.05) is 5.75 Å². The molecule has 2 aliphatic rings. The van der Waals surface area contributed by atoms with E-state index in [4.69, 9.17) is 10.5 Å². The van der Waals surface area contributed by atoms with E-state index in [0.29, 0.717) is 5.75 Å². The Labute approximate surface area is 168 Å². The van der Waals surface area contributed by atoms with Crippen molar-refractivity contribution in [3.63, 3.8) is 0 Å². The molecule has 1 fully saturated rings. The quantitative estimate of drug-likeness (QED) is 0.628. The highest BCUT2D eigenvalue weighted by Crippen LogP contribution is 2.37. The standard InChI is InChI=1S/C20H18N2O3S.ClH/c21-16-18(23)22-15(11-12-26-19(16)22)20(24)25-17(13-7-3-1-4-8-13)14-9-5-2-6-10-14;/h1-11,16-17,19H,12,21H2;1H/t16?,19-;/m1./s1. The largest absolute Gasteiger partial charge is 0.448 e. The highest BCUT2D eigenvalue weighted by molar-refractivity contribution is 8.00. The first-order valence-electron chi connectivity index (χ1n) is 8.38. The Kier molecular flexibility index (Phi) is 5.89. The first kappa shape index (κ1) is 19.5. The van der Waals surface area contributed by atoms with Gasteiger partial charge in [-0.25, -0.2) is 4.79 Å². The number of hydrogen-bond acceptors (Lipinski definition) is 5. The summed E-state index contributed by atoms with van der Waals surface area (Å²) >= 11 is 1.55. The van der Waals surface area contributed by atoms with Gasteiger partial charge < -0.3 is 10.5 Å². The lowest BCUT2D eigenvalue weighted by atomic mass is 10.0. The van der Waals surface area contributed by atoms with E-state index in [-0.39, 0.29) is 29.4 Å². The van der Waals surface area contributed by atoms with E-state index >= 15 is 0 Å². The summed E-state index contributed by atoms with van der Waals surface area (Å²) in [6.07, 6.45) is 1.20. The summed E-state index contributed by atoms with van der Waals surface area (Å²) in [6, 6.07) is 18.6. The normalized spacial score (nSPS) is 20.9. The van der Waals surface area contributed by atoms with Gasteiger partial charge in [-0.3, -0.25) is 9.69 Å². The van der Waals surface area contributed by atoms with Crippen LogP contribution in [0.1, 0.15) is 17.2 Å². The number of hydrogen-bond donors (Lipinski definition) is 1. The molecule has 0 spiro atoms. The molecule has 0 aliphatic carbocycles. The number of esters is 1. The van der Waals surface area contributed by atoms with E-state index in [9.17, 15) is 9.59 Å². The summed E-state index contributed by atoms with van der Waals surface area (Å²) in [5.41, 5.74) is 7.87. The molecule has 2 N–H and O–H groups in total. The van der Waals surface area contributed by atoms with Crippen molar-refractivity contribution in [2.45, 2.75) is 17.5 Å². The van der Waals surface area contributed by atoms with E-state index in [1.165, 1.54) is 4.90 Å². The van der Waals surface area contributed by atoms with E-state index in [0.717, 1.165) is 11.1 Å². The van der Waals surface area contributed by atoms with Crippen LogP contribution in [0, 0.1) is 0 Å². The van der Waals surface area contributed by atoms with Gasteiger partial charge >= 0.3 is 5.97 Å². The average Bonchev–Trinajstić information content (AvgIpc) is 2.72. The van der Waals surface area contributed by atoms with Gasteiger partial charge in [0.25, 0.3) is 0 Å². The molecule has 2 heterocycles. The van der Waals surface area contributed by atoms with E-state index in [1.807, 2.05) is 60.7 Å². The summed E-state index contributed by atoms with van der Waals surface area (Å²) in [4.78, 5) is 26.4. The molecule has 4 rings (SSSR count). The molecule has 7 heteroatoms. The predicted molar refractivity (Wildman–Crippen MR) is 107 cm³/mol. The average molecular weight is 403 g/mol. The summed E-state index contributed by atoms with van der Waals surface area (Å²) < 4.78 is 5.85. The van der Waals surface area contributed by atoms with Crippen molar-refractivity contribution in [2.24, 2.45) is 5.73 Å². The first-order valence-corrected chi connectivity index (χ1v) is 9.43. The van der Waals surface area contributed by atoms with Crippen molar-refractivity contribution < 1.29 is 14.3 Å². The highest BCUT2D eigenvalue weighted by atomic mass is 35.5. The van der Waals surface area contributed by atoms with Crippen LogP contribution < -0.4 is 5.73 Å². The number of ether oxygens (including phenoxy) is 1.